The van der Waals surface area contributed by atoms with Gasteiger partial charge in [-0.3, -0.25) is 4.79 Å². The fourth-order valence-electron chi connectivity index (χ4n) is 2.30. The van der Waals surface area contributed by atoms with Gasteiger partial charge in [0.25, 0.3) is 0 Å². The van der Waals surface area contributed by atoms with Gasteiger partial charge in [-0.1, -0.05) is 6.42 Å². The maximum Gasteiger partial charge on any atom is 0.422 e. The van der Waals surface area contributed by atoms with Gasteiger partial charge < -0.3 is 15.6 Å². The predicted octanol–water partition coefficient (Wildman–Crippen LogP) is 3.48. The minimum absolute atomic E-state index is 0.0165. The summed E-state index contributed by atoms with van der Waals surface area (Å²) in [5.41, 5.74) is 5.03. The van der Waals surface area contributed by atoms with Crippen LogP contribution in [0.4, 0.5) is 18.9 Å². The number of nitrogens with two attached hydrogens (primary N) is 1. The molecule has 0 spiro atoms. The van der Waals surface area contributed by atoms with E-state index in [1.54, 1.807) is 0 Å². The van der Waals surface area contributed by atoms with Crippen molar-refractivity contribution in [3.63, 3.8) is 0 Å². The number of nitrogen functional groups attached to an aromatic ring is 1. The van der Waals surface area contributed by atoms with Crippen LogP contribution >= 0.6 is 15.9 Å². The number of rotatable bonds is 4. The van der Waals surface area contributed by atoms with Crippen molar-refractivity contribution >= 4 is 27.6 Å². The van der Waals surface area contributed by atoms with Gasteiger partial charge in [0, 0.05) is 4.47 Å². The lowest BCUT2D eigenvalue weighted by Gasteiger charge is -2.38. The van der Waals surface area contributed by atoms with Gasteiger partial charge >= 0.3 is 12.1 Å². The minimum Gasteiger partial charge on any atom is -0.482 e. The van der Waals surface area contributed by atoms with Crippen molar-refractivity contribution in [2.24, 2.45) is 0 Å². The number of anilines is 1. The molecule has 0 radical (unpaired) electrons. The van der Waals surface area contributed by atoms with Gasteiger partial charge in [0.1, 0.15) is 5.75 Å². The zero-order chi connectivity index (χ0) is 15.8. The fraction of sp³-hybridized carbons (Fsp3) is 0.462. The number of hydrogen-bond acceptors (Lipinski definition) is 3. The van der Waals surface area contributed by atoms with Crippen LogP contribution in [0.3, 0.4) is 0 Å². The second-order valence-corrected chi connectivity index (χ2v) is 5.87. The molecular weight excluding hydrogens is 355 g/mol. The summed E-state index contributed by atoms with van der Waals surface area (Å²) in [6.07, 6.45) is -2.85. The Morgan fingerprint density at radius 2 is 2.05 bits per heavy atom. The molecule has 0 saturated heterocycles. The smallest absolute Gasteiger partial charge is 0.422 e. The van der Waals surface area contributed by atoms with Gasteiger partial charge in [0.05, 0.1) is 11.1 Å². The maximum absolute atomic E-state index is 12.2. The van der Waals surface area contributed by atoms with Crippen LogP contribution in [-0.4, -0.2) is 23.9 Å². The van der Waals surface area contributed by atoms with Gasteiger partial charge in [0.15, 0.2) is 6.61 Å². The van der Waals surface area contributed by atoms with E-state index >= 15 is 0 Å². The number of benzene rings is 1. The summed E-state index contributed by atoms with van der Waals surface area (Å²) in [5, 5.41) is 9.38. The Balaban J connectivity index is 2.37. The Kier molecular flexibility index (Phi) is 4.10. The topological polar surface area (TPSA) is 72.6 Å². The zero-order valence-corrected chi connectivity index (χ0v) is 12.4. The Hall–Kier alpha value is -1.44. The Bertz CT molecular complexity index is 571. The molecule has 2 rings (SSSR count). The van der Waals surface area contributed by atoms with Crippen molar-refractivity contribution in [2.45, 2.75) is 30.9 Å². The lowest BCUT2D eigenvalue weighted by molar-refractivity contribution is -0.153. The normalized spacial score (nSPS) is 17.1. The van der Waals surface area contributed by atoms with Crippen LogP contribution in [0.1, 0.15) is 24.8 Å². The summed E-state index contributed by atoms with van der Waals surface area (Å²) < 4.78 is 41.7. The van der Waals surface area contributed by atoms with Crippen LogP contribution in [0.2, 0.25) is 0 Å². The summed E-state index contributed by atoms with van der Waals surface area (Å²) in [6, 6.07) is 2.82. The lowest BCUT2D eigenvalue weighted by atomic mass is 9.64. The van der Waals surface area contributed by atoms with Gasteiger partial charge in [-0.25, -0.2) is 0 Å². The molecule has 4 nitrogen and oxygen atoms in total. The predicted molar refractivity (Wildman–Crippen MR) is 73.3 cm³/mol. The van der Waals surface area contributed by atoms with Gasteiger partial charge in [-0.15, -0.1) is 0 Å². The van der Waals surface area contributed by atoms with E-state index in [-0.39, 0.29) is 11.4 Å². The van der Waals surface area contributed by atoms with Crippen molar-refractivity contribution in [3.8, 4) is 5.75 Å². The first-order chi connectivity index (χ1) is 9.66. The number of ether oxygens (including phenoxy) is 1. The molecule has 0 unspecified atom stereocenters. The molecule has 0 aliphatic heterocycles. The molecule has 1 aromatic carbocycles. The summed E-state index contributed by atoms with van der Waals surface area (Å²) in [5.74, 6) is -1.16. The van der Waals surface area contributed by atoms with Crippen molar-refractivity contribution in [2.75, 3.05) is 12.3 Å². The number of carboxylic acid groups (broad SMARTS) is 1. The second-order valence-electron chi connectivity index (χ2n) is 5.01. The summed E-state index contributed by atoms with van der Waals surface area (Å²) >= 11 is 3.13. The van der Waals surface area contributed by atoms with E-state index in [1.807, 2.05) is 0 Å². The highest BCUT2D eigenvalue weighted by atomic mass is 79.9. The minimum atomic E-state index is -4.49. The third-order valence-electron chi connectivity index (χ3n) is 3.65. The first kappa shape index (κ1) is 15.9. The van der Waals surface area contributed by atoms with E-state index in [2.05, 4.69) is 15.9 Å². The molecule has 1 aliphatic rings. The monoisotopic (exact) mass is 367 g/mol. The van der Waals surface area contributed by atoms with Crippen molar-refractivity contribution < 1.29 is 27.8 Å². The average molecular weight is 368 g/mol. The van der Waals surface area contributed by atoms with E-state index in [4.69, 9.17) is 10.5 Å². The molecule has 3 N–H and O–H groups in total. The van der Waals surface area contributed by atoms with E-state index < -0.39 is 24.2 Å². The highest BCUT2D eigenvalue weighted by molar-refractivity contribution is 9.10. The molecule has 1 fully saturated rings. The molecule has 116 valence electrons. The van der Waals surface area contributed by atoms with Crippen molar-refractivity contribution in [1.82, 2.24) is 0 Å². The first-order valence-electron chi connectivity index (χ1n) is 6.18. The second kappa shape index (κ2) is 5.40. The summed E-state index contributed by atoms with van der Waals surface area (Å²) in [6.45, 7) is -1.48. The first-order valence-corrected chi connectivity index (χ1v) is 6.97. The van der Waals surface area contributed by atoms with Crippen molar-refractivity contribution in [3.05, 3.63) is 22.2 Å². The summed E-state index contributed by atoms with van der Waals surface area (Å²) in [7, 11) is 0. The largest absolute Gasteiger partial charge is 0.482 e. The zero-order valence-electron chi connectivity index (χ0n) is 10.8. The van der Waals surface area contributed by atoms with Crippen LogP contribution < -0.4 is 10.5 Å². The SMILES string of the molecule is Nc1c(Br)cc(C2(C(=O)O)CCC2)cc1OCC(F)(F)F. The Morgan fingerprint density at radius 3 is 2.48 bits per heavy atom. The molecule has 8 heteroatoms. The van der Waals surface area contributed by atoms with Crippen LogP contribution in [0, 0.1) is 0 Å². The highest BCUT2D eigenvalue weighted by Gasteiger charge is 2.46. The van der Waals surface area contributed by atoms with E-state index in [0.29, 0.717) is 22.9 Å². The van der Waals surface area contributed by atoms with Gasteiger partial charge in [-0.05, 0) is 46.5 Å². The quantitative estimate of drug-likeness (QED) is 0.799. The van der Waals surface area contributed by atoms with Crippen LogP contribution in [0.25, 0.3) is 0 Å². The number of alkyl halides is 3. The third-order valence-corrected chi connectivity index (χ3v) is 4.31. The molecule has 0 bridgehead atoms. The molecule has 1 aromatic rings. The fourth-order valence-corrected chi connectivity index (χ4v) is 2.75. The van der Waals surface area contributed by atoms with E-state index in [1.165, 1.54) is 12.1 Å². The summed E-state index contributed by atoms with van der Waals surface area (Å²) in [4.78, 5) is 11.5. The van der Waals surface area contributed by atoms with E-state index in [0.717, 1.165) is 6.42 Å². The number of carbonyl (C=O) groups is 1. The van der Waals surface area contributed by atoms with Gasteiger partial charge in [0.2, 0.25) is 0 Å². The Morgan fingerprint density at radius 1 is 1.43 bits per heavy atom. The molecule has 1 saturated carbocycles. The molecule has 1 aliphatic carbocycles. The molecule has 0 amide bonds. The van der Waals surface area contributed by atoms with Crippen molar-refractivity contribution in [1.29, 1.82) is 0 Å². The molecule has 21 heavy (non-hydrogen) atoms. The van der Waals surface area contributed by atoms with Gasteiger partial charge in [-0.2, -0.15) is 13.2 Å². The standard InChI is InChI=1S/C13H13BrF3NO3/c14-8-4-7(12(11(19)20)2-1-3-12)5-9(10(8)18)21-6-13(15,16)17/h4-5H,1-3,6,18H2,(H,19,20). The number of halogens is 4. The molecule has 0 heterocycles. The highest BCUT2D eigenvalue weighted by Crippen LogP contribution is 2.47. The molecule has 0 atom stereocenters. The van der Waals surface area contributed by atoms with Crippen LogP contribution in [0.5, 0.6) is 5.75 Å². The number of aliphatic carboxylic acids is 1. The number of hydrogen-bond donors (Lipinski definition) is 2. The molecule has 0 aromatic heterocycles. The Labute approximate surface area is 127 Å². The van der Waals surface area contributed by atoms with E-state index in [9.17, 15) is 23.1 Å². The lowest BCUT2D eigenvalue weighted by Crippen LogP contribution is -2.42. The van der Waals surface area contributed by atoms with Crippen LogP contribution in [0.15, 0.2) is 16.6 Å². The molecular formula is C13H13BrF3NO3. The average Bonchev–Trinajstić information content (AvgIpc) is 2.28. The third kappa shape index (κ3) is 3.09. The van der Waals surface area contributed by atoms with Crippen LogP contribution in [-0.2, 0) is 10.2 Å². The number of carboxylic acids is 1. The maximum atomic E-state index is 12.2.